The molecule has 3 rings (SSSR count). The fraction of sp³-hybridized carbons (Fsp3) is 0.500. The molecule has 0 radical (unpaired) electrons. The second kappa shape index (κ2) is 5.66. The number of benzene rings is 1. The summed E-state index contributed by atoms with van der Waals surface area (Å²) < 4.78 is 3.45. The number of imidazole rings is 1. The van der Waals surface area contributed by atoms with E-state index in [2.05, 4.69) is 45.0 Å². The molecule has 0 saturated heterocycles. The van der Waals surface area contributed by atoms with Gasteiger partial charge in [0.05, 0.1) is 16.9 Å². The van der Waals surface area contributed by atoms with E-state index in [4.69, 9.17) is 16.6 Å². The van der Waals surface area contributed by atoms with Crippen LogP contribution in [0.2, 0.25) is 0 Å². The Balaban J connectivity index is 2.15. The van der Waals surface area contributed by atoms with E-state index in [1.807, 2.05) is 11.8 Å². The zero-order valence-corrected chi connectivity index (χ0v) is 13.9. The molecular formula is C14H16BrClN2S. The normalized spacial score (nSPS) is 23.3. The summed E-state index contributed by atoms with van der Waals surface area (Å²) in [4.78, 5) is 4.70. The van der Waals surface area contributed by atoms with Crippen LogP contribution in [0.5, 0.6) is 0 Å². The first-order valence-electron chi connectivity index (χ1n) is 6.49. The van der Waals surface area contributed by atoms with Crippen molar-refractivity contribution in [2.45, 2.75) is 36.4 Å². The highest BCUT2D eigenvalue weighted by atomic mass is 79.9. The number of thioether (sulfide) groups is 1. The van der Waals surface area contributed by atoms with Crippen LogP contribution in [0, 0.1) is 0 Å². The predicted octanol–water partition coefficient (Wildman–Crippen LogP) is 4.99. The molecule has 1 saturated carbocycles. The predicted molar refractivity (Wildman–Crippen MR) is 87.2 cm³/mol. The lowest BCUT2D eigenvalue weighted by molar-refractivity contribution is 0.528. The number of hydrogen-bond acceptors (Lipinski definition) is 2. The van der Waals surface area contributed by atoms with Crippen LogP contribution in [-0.2, 0) is 5.88 Å². The summed E-state index contributed by atoms with van der Waals surface area (Å²) in [5, 5.41) is 0.683. The van der Waals surface area contributed by atoms with Crippen LogP contribution in [0.25, 0.3) is 11.0 Å². The van der Waals surface area contributed by atoms with E-state index >= 15 is 0 Å². The maximum atomic E-state index is 6.11. The minimum Gasteiger partial charge on any atom is -0.323 e. The molecule has 2 aromatic rings. The van der Waals surface area contributed by atoms with Gasteiger partial charge in [-0.15, -0.1) is 11.6 Å². The Bertz CT molecular complexity index is 598. The molecule has 0 spiro atoms. The van der Waals surface area contributed by atoms with E-state index in [-0.39, 0.29) is 0 Å². The molecule has 0 bridgehead atoms. The molecule has 2 unspecified atom stereocenters. The number of alkyl halides is 1. The van der Waals surface area contributed by atoms with E-state index < -0.39 is 0 Å². The lowest BCUT2D eigenvalue weighted by Gasteiger charge is -2.22. The second-order valence-corrected chi connectivity index (χ2v) is 7.20. The summed E-state index contributed by atoms with van der Waals surface area (Å²) in [5.41, 5.74) is 2.25. The maximum absolute atomic E-state index is 6.11. The van der Waals surface area contributed by atoms with E-state index in [0.29, 0.717) is 17.2 Å². The largest absolute Gasteiger partial charge is 0.323 e. The Labute approximate surface area is 131 Å². The second-order valence-electron chi connectivity index (χ2n) is 4.94. The summed E-state index contributed by atoms with van der Waals surface area (Å²) in [6.45, 7) is 0. The van der Waals surface area contributed by atoms with Crippen molar-refractivity contribution in [1.82, 2.24) is 9.55 Å². The van der Waals surface area contributed by atoms with Crippen LogP contribution in [-0.4, -0.2) is 21.1 Å². The molecule has 19 heavy (non-hydrogen) atoms. The summed E-state index contributed by atoms with van der Waals surface area (Å²) >= 11 is 11.6. The Hall–Kier alpha value is -0.190. The van der Waals surface area contributed by atoms with Crippen LogP contribution >= 0.6 is 39.3 Å². The number of rotatable bonds is 3. The summed E-state index contributed by atoms with van der Waals surface area (Å²) in [6, 6.07) is 6.85. The molecule has 1 aromatic heterocycles. The van der Waals surface area contributed by atoms with Crippen LogP contribution in [0.15, 0.2) is 22.7 Å². The summed E-state index contributed by atoms with van der Waals surface area (Å²) in [5.74, 6) is 1.48. The van der Waals surface area contributed by atoms with Crippen molar-refractivity contribution in [2.75, 3.05) is 6.26 Å². The van der Waals surface area contributed by atoms with Gasteiger partial charge >= 0.3 is 0 Å². The molecule has 102 valence electrons. The maximum Gasteiger partial charge on any atom is 0.125 e. The van der Waals surface area contributed by atoms with E-state index in [1.165, 1.54) is 24.8 Å². The molecule has 1 aliphatic carbocycles. The summed E-state index contributed by atoms with van der Waals surface area (Å²) in [6.07, 6.45) is 6.04. The average Bonchev–Trinajstić information content (AvgIpc) is 3.00. The van der Waals surface area contributed by atoms with Crippen LogP contribution < -0.4 is 0 Å². The smallest absolute Gasteiger partial charge is 0.125 e. The van der Waals surface area contributed by atoms with Crippen molar-refractivity contribution in [3.8, 4) is 0 Å². The van der Waals surface area contributed by atoms with Crippen LogP contribution in [0.3, 0.4) is 0 Å². The molecule has 0 aliphatic heterocycles. The standard InChI is InChI=1S/C14H16BrClN2S/c1-19-13-4-2-3-12(13)18-11-6-5-9(15)7-10(11)17-14(18)8-16/h5-7,12-13H,2-4,8H2,1H3. The quantitative estimate of drug-likeness (QED) is 0.718. The average molecular weight is 360 g/mol. The zero-order chi connectivity index (χ0) is 13.4. The van der Waals surface area contributed by atoms with Crippen LogP contribution in [0.1, 0.15) is 31.1 Å². The van der Waals surface area contributed by atoms with Gasteiger partial charge in [-0.1, -0.05) is 22.4 Å². The third kappa shape index (κ3) is 2.43. The van der Waals surface area contributed by atoms with Gasteiger partial charge in [0.15, 0.2) is 0 Å². The number of halogens is 2. The van der Waals surface area contributed by atoms with E-state index in [1.54, 1.807) is 0 Å². The first kappa shape index (κ1) is 13.8. The molecule has 1 aliphatic rings. The molecule has 0 N–H and O–H groups in total. The van der Waals surface area contributed by atoms with Gasteiger partial charge in [-0.3, -0.25) is 0 Å². The van der Waals surface area contributed by atoms with Crippen molar-refractivity contribution in [3.05, 3.63) is 28.5 Å². The van der Waals surface area contributed by atoms with Crippen molar-refractivity contribution >= 4 is 50.3 Å². The number of fused-ring (bicyclic) bond motifs is 1. The first-order valence-corrected chi connectivity index (χ1v) is 9.11. The minimum absolute atomic E-state index is 0.476. The number of hydrogen-bond donors (Lipinski definition) is 0. The lowest BCUT2D eigenvalue weighted by Crippen LogP contribution is -2.17. The number of nitrogens with zero attached hydrogens (tertiary/aromatic N) is 2. The highest BCUT2D eigenvalue weighted by Gasteiger charge is 2.30. The monoisotopic (exact) mass is 358 g/mol. The third-order valence-electron chi connectivity index (χ3n) is 3.90. The van der Waals surface area contributed by atoms with Gasteiger partial charge in [-0.2, -0.15) is 11.8 Å². The minimum atomic E-state index is 0.476. The molecule has 5 heteroatoms. The highest BCUT2D eigenvalue weighted by Crippen LogP contribution is 2.40. The van der Waals surface area contributed by atoms with Gasteiger partial charge in [0, 0.05) is 15.8 Å². The molecule has 2 nitrogen and oxygen atoms in total. The van der Waals surface area contributed by atoms with Gasteiger partial charge in [0.25, 0.3) is 0 Å². The van der Waals surface area contributed by atoms with Crippen molar-refractivity contribution in [2.24, 2.45) is 0 Å². The summed E-state index contributed by atoms with van der Waals surface area (Å²) in [7, 11) is 0. The molecule has 1 aromatic carbocycles. The Kier molecular flexibility index (Phi) is 4.11. The number of aromatic nitrogens is 2. The molecule has 1 heterocycles. The van der Waals surface area contributed by atoms with Gasteiger partial charge in [0.1, 0.15) is 5.82 Å². The zero-order valence-electron chi connectivity index (χ0n) is 10.8. The Morgan fingerprint density at radius 1 is 1.47 bits per heavy atom. The lowest BCUT2D eigenvalue weighted by atomic mass is 10.2. The fourth-order valence-corrected chi connectivity index (χ4v) is 4.57. The van der Waals surface area contributed by atoms with Crippen molar-refractivity contribution in [3.63, 3.8) is 0 Å². The fourth-order valence-electron chi connectivity index (χ4n) is 3.06. The Morgan fingerprint density at radius 3 is 3.05 bits per heavy atom. The van der Waals surface area contributed by atoms with Crippen molar-refractivity contribution in [1.29, 1.82) is 0 Å². The molecule has 0 amide bonds. The van der Waals surface area contributed by atoms with Gasteiger partial charge in [-0.05, 0) is 37.3 Å². The van der Waals surface area contributed by atoms with Crippen molar-refractivity contribution < 1.29 is 0 Å². The topological polar surface area (TPSA) is 17.8 Å². The van der Waals surface area contributed by atoms with Crippen LogP contribution in [0.4, 0.5) is 0 Å². The SMILES string of the molecule is CSC1CCCC1n1c(CCl)nc2cc(Br)ccc21. The highest BCUT2D eigenvalue weighted by molar-refractivity contribution is 9.10. The molecular weight excluding hydrogens is 344 g/mol. The van der Waals surface area contributed by atoms with Gasteiger partial charge < -0.3 is 4.57 Å². The molecule has 2 atom stereocenters. The van der Waals surface area contributed by atoms with Gasteiger partial charge in [-0.25, -0.2) is 4.98 Å². The van der Waals surface area contributed by atoms with E-state index in [0.717, 1.165) is 15.8 Å². The Morgan fingerprint density at radius 2 is 2.32 bits per heavy atom. The van der Waals surface area contributed by atoms with E-state index in [9.17, 15) is 0 Å². The van der Waals surface area contributed by atoms with Gasteiger partial charge in [0.2, 0.25) is 0 Å². The first-order chi connectivity index (χ1) is 9.24. The third-order valence-corrected chi connectivity index (χ3v) is 5.78. The molecule has 1 fully saturated rings.